The smallest absolute Gasteiger partial charge is 0.266 e. The molecule has 2 heterocycles. The number of aryl methyl sites for hydroxylation is 1. The zero-order valence-corrected chi connectivity index (χ0v) is 18.5. The van der Waals surface area contributed by atoms with E-state index in [-0.39, 0.29) is 11.8 Å². The van der Waals surface area contributed by atoms with Crippen molar-refractivity contribution in [3.8, 4) is 0 Å². The van der Waals surface area contributed by atoms with E-state index in [0.717, 1.165) is 5.56 Å². The molecule has 160 valence electrons. The third-order valence-corrected chi connectivity index (χ3v) is 6.20. The maximum atomic E-state index is 12.9. The molecule has 2 aromatic rings. The second-order valence-electron chi connectivity index (χ2n) is 7.42. The van der Waals surface area contributed by atoms with Crippen molar-refractivity contribution in [2.24, 2.45) is 4.99 Å². The molecule has 0 N–H and O–H groups in total. The fourth-order valence-electron chi connectivity index (χ4n) is 3.45. The summed E-state index contributed by atoms with van der Waals surface area (Å²) in [5.74, 6) is -0.0693. The lowest BCUT2D eigenvalue weighted by Gasteiger charge is -2.26. The number of ether oxygens (including phenoxy) is 1. The predicted octanol–water partition coefficient (Wildman–Crippen LogP) is 4.09. The quantitative estimate of drug-likeness (QED) is 0.679. The number of hydrogen-bond donors (Lipinski definition) is 0. The Kier molecular flexibility index (Phi) is 6.53. The lowest BCUT2D eigenvalue weighted by Crippen LogP contribution is -2.40. The fourth-order valence-corrected chi connectivity index (χ4v) is 4.51. The van der Waals surface area contributed by atoms with Crippen molar-refractivity contribution in [3.63, 3.8) is 0 Å². The third kappa shape index (κ3) is 4.89. The van der Waals surface area contributed by atoms with Crippen molar-refractivity contribution in [3.05, 3.63) is 70.1 Å². The summed E-state index contributed by atoms with van der Waals surface area (Å²) in [6.07, 6.45) is 1.90. The van der Waals surface area contributed by atoms with Gasteiger partial charge in [0.1, 0.15) is 0 Å². The molecule has 31 heavy (non-hydrogen) atoms. The first kappa shape index (κ1) is 21.3. The van der Waals surface area contributed by atoms with Crippen LogP contribution >= 0.6 is 11.8 Å². The average Bonchev–Trinajstić information content (AvgIpc) is 3.09. The van der Waals surface area contributed by atoms with Gasteiger partial charge in [0.25, 0.3) is 11.8 Å². The Bertz CT molecular complexity index is 1040. The molecule has 0 radical (unpaired) electrons. The molecule has 7 heteroatoms. The number of amidine groups is 1. The van der Waals surface area contributed by atoms with Crippen LogP contribution in [0.3, 0.4) is 0 Å². The molecule has 0 unspecified atom stereocenters. The van der Waals surface area contributed by atoms with Gasteiger partial charge >= 0.3 is 0 Å². The molecular formula is C24H25N3O3S. The molecule has 4 rings (SSSR count). The molecule has 2 aromatic carbocycles. The van der Waals surface area contributed by atoms with Crippen molar-refractivity contribution >= 4 is 40.5 Å². The average molecular weight is 436 g/mol. The van der Waals surface area contributed by atoms with Crippen molar-refractivity contribution in [1.29, 1.82) is 0 Å². The number of carbonyl (C=O) groups excluding carboxylic acids is 2. The summed E-state index contributed by atoms with van der Waals surface area (Å²) in [5.41, 5.74) is 3.41. The highest BCUT2D eigenvalue weighted by Crippen LogP contribution is 2.34. The van der Waals surface area contributed by atoms with Crippen molar-refractivity contribution in [2.75, 3.05) is 32.8 Å². The zero-order chi connectivity index (χ0) is 21.8. The number of amides is 2. The van der Waals surface area contributed by atoms with Gasteiger partial charge in [-0.2, -0.15) is 0 Å². The Labute approximate surface area is 186 Å². The van der Waals surface area contributed by atoms with Crippen molar-refractivity contribution in [1.82, 2.24) is 9.80 Å². The Morgan fingerprint density at radius 1 is 1.16 bits per heavy atom. The Balaban J connectivity index is 1.58. The van der Waals surface area contributed by atoms with E-state index in [9.17, 15) is 9.59 Å². The molecule has 0 bridgehead atoms. The van der Waals surface area contributed by atoms with E-state index in [1.54, 1.807) is 21.9 Å². The summed E-state index contributed by atoms with van der Waals surface area (Å²) in [6.45, 7) is 6.82. The van der Waals surface area contributed by atoms with E-state index >= 15 is 0 Å². The van der Waals surface area contributed by atoms with Gasteiger partial charge in [0.05, 0.1) is 23.8 Å². The number of carbonyl (C=O) groups is 2. The number of nitrogens with zero attached hydrogens (tertiary/aromatic N) is 3. The topological polar surface area (TPSA) is 62.2 Å². The molecule has 2 saturated heterocycles. The maximum Gasteiger partial charge on any atom is 0.266 e. The highest BCUT2D eigenvalue weighted by molar-refractivity contribution is 8.18. The standard InChI is InChI=1S/C24H25N3O3S/c1-3-27-23(29)21(15-18-9-7-17(2)8-10-18)31-24(27)25-20-6-4-5-19(16-20)22(28)26-11-13-30-14-12-26/h4-10,15-16H,3,11-14H2,1-2H3/b21-15+,25-24?. The molecule has 6 nitrogen and oxygen atoms in total. The molecule has 2 fully saturated rings. The zero-order valence-electron chi connectivity index (χ0n) is 17.7. The minimum atomic E-state index is -0.0487. The number of aliphatic imine (C=N–C) groups is 1. The summed E-state index contributed by atoms with van der Waals surface area (Å²) in [4.78, 5) is 34.5. The van der Waals surface area contributed by atoms with E-state index in [1.165, 1.54) is 17.3 Å². The summed E-state index contributed by atoms with van der Waals surface area (Å²) < 4.78 is 5.33. The van der Waals surface area contributed by atoms with E-state index in [0.29, 0.717) is 54.2 Å². The number of hydrogen-bond acceptors (Lipinski definition) is 5. The van der Waals surface area contributed by atoms with Crippen LogP contribution in [0.5, 0.6) is 0 Å². The van der Waals surface area contributed by atoms with Crippen LogP contribution in [0.1, 0.15) is 28.4 Å². The van der Waals surface area contributed by atoms with Crippen LogP contribution in [0, 0.1) is 6.92 Å². The van der Waals surface area contributed by atoms with Gasteiger partial charge in [-0.1, -0.05) is 35.9 Å². The molecular weight excluding hydrogens is 410 g/mol. The van der Waals surface area contributed by atoms with E-state index in [1.807, 2.05) is 56.3 Å². The van der Waals surface area contributed by atoms with Crippen LogP contribution in [0.4, 0.5) is 5.69 Å². The van der Waals surface area contributed by atoms with Gasteiger partial charge in [-0.3, -0.25) is 14.5 Å². The van der Waals surface area contributed by atoms with Gasteiger partial charge in [0.2, 0.25) is 0 Å². The fraction of sp³-hybridized carbons (Fsp3) is 0.292. The monoisotopic (exact) mass is 435 g/mol. The summed E-state index contributed by atoms with van der Waals surface area (Å²) in [5, 5.41) is 0.627. The second kappa shape index (κ2) is 9.49. The predicted molar refractivity (Wildman–Crippen MR) is 124 cm³/mol. The summed E-state index contributed by atoms with van der Waals surface area (Å²) in [6, 6.07) is 15.3. The molecule has 0 saturated carbocycles. The van der Waals surface area contributed by atoms with Crippen LogP contribution in [0.2, 0.25) is 0 Å². The molecule has 0 spiro atoms. The van der Waals surface area contributed by atoms with Gasteiger partial charge < -0.3 is 9.64 Å². The number of morpholine rings is 1. The number of benzene rings is 2. The Hall–Kier alpha value is -2.90. The van der Waals surface area contributed by atoms with Gasteiger partial charge in [-0.05, 0) is 55.4 Å². The molecule has 0 aromatic heterocycles. The molecule has 0 atom stereocenters. The summed E-state index contributed by atoms with van der Waals surface area (Å²) in [7, 11) is 0. The van der Waals surface area contributed by atoms with Gasteiger partial charge in [-0.25, -0.2) is 4.99 Å². The summed E-state index contributed by atoms with van der Waals surface area (Å²) >= 11 is 1.36. The first-order valence-electron chi connectivity index (χ1n) is 10.4. The number of rotatable bonds is 4. The highest BCUT2D eigenvalue weighted by atomic mass is 32.2. The van der Waals surface area contributed by atoms with E-state index in [2.05, 4.69) is 0 Å². The van der Waals surface area contributed by atoms with Crippen LogP contribution in [-0.2, 0) is 9.53 Å². The lowest BCUT2D eigenvalue weighted by atomic mass is 10.1. The molecule has 2 aliphatic heterocycles. The van der Waals surface area contributed by atoms with Crippen molar-refractivity contribution in [2.45, 2.75) is 13.8 Å². The van der Waals surface area contributed by atoms with Crippen LogP contribution in [-0.4, -0.2) is 59.6 Å². The SMILES string of the molecule is CCN1C(=O)/C(=C\c2ccc(C)cc2)SC1=Nc1cccc(C(=O)N2CCOCC2)c1. The largest absolute Gasteiger partial charge is 0.378 e. The van der Waals surface area contributed by atoms with Gasteiger partial charge in [-0.15, -0.1) is 0 Å². The van der Waals surface area contributed by atoms with E-state index < -0.39 is 0 Å². The third-order valence-electron chi connectivity index (χ3n) is 5.20. The van der Waals surface area contributed by atoms with Gasteiger partial charge in [0.15, 0.2) is 5.17 Å². The maximum absolute atomic E-state index is 12.9. The van der Waals surface area contributed by atoms with Crippen LogP contribution in [0.15, 0.2) is 58.4 Å². The second-order valence-corrected chi connectivity index (χ2v) is 8.43. The van der Waals surface area contributed by atoms with Crippen LogP contribution < -0.4 is 0 Å². The van der Waals surface area contributed by atoms with Gasteiger partial charge in [0, 0.05) is 25.2 Å². The first-order chi connectivity index (χ1) is 15.0. The van der Waals surface area contributed by atoms with E-state index in [4.69, 9.17) is 9.73 Å². The van der Waals surface area contributed by atoms with Crippen molar-refractivity contribution < 1.29 is 14.3 Å². The lowest BCUT2D eigenvalue weighted by molar-refractivity contribution is -0.122. The normalized spacial score (nSPS) is 19.5. The molecule has 2 amide bonds. The minimum Gasteiger partial charge on any atom is -0.378 e. The Morgan fingerprint density at radius 3 is 2.61 bits per heavy atom. The molecule has 0 aliphatic carbocycles. The molecule has 2 aliphatic rings. The Morgan fingerprint density at radius 2 is 1.90 bits per heavy atom. The first-order valence-corrected chi connectivity index (χ1v) is 11.2. The number of thioether (sulfide) groups is 1. The minimum absolute atomic E-state index is 0.0206. The van der Waals surface area contributed by atoms with Crippen LogP contribution in [0.25, 0.3) is 6.08 Å². The highest BCUT2D eigenvalue weighted by Gasteiger charge is 2.32. The number of likely N-dealkylation sites (N-methyl/N-ethyl adjacent to an activating group) is 1.